The Bertz CT molecular complexity index is 1130. The summed E-state index contributed by atoms with van der Waals surface area (Å²) in [4.78, 5) is 16.3. The van der Waals surface area contributed by atoms with E-state index in [2.05, 4.69) is 15.4 Å². The molecule has 4 rings (SSSR count). The molecule has 1 amide bonds. The Labute approximate surface area is 167 Å². The summed E-state index contributed by atoms with van der Waals surface area (Å²) in [5.41, 5.74) is 3.23. The first-order chi connectivity index (χ1) is 14.0. The zero-order valence-corrected chi connectivity index (χ0v) is 16.3. The monoisotopic (exact) mass is 394 g/mol. The van der Waals surface area contributed by atoms with Crippen molar-refractivity contribution < 1.29 is 13.6 Å². The number of carbonyl (C=O) groups excluding carboxylic acids is 1. The van der Waals surface area contributed by atoms with E-state index < -0.39 is 23.1 Å². The number of aryl methyl sites for hydroxylation is 1. The lowest BCUT2D eigenvalue weighted by molar-refractivity contribution is 0.101. The molecule has 5 nitrogen and oxygen atoms in total. The summed E-state index contributed by atoms with van der Waals surface area (Å²) in [5, 5.41) is 6.61. The van der Waals surface area contributed by atoms with E-state index in [4.69, 9.17) is 0 Å². The van der Waals surface area contributed by atoms with Crippen LogP contribution in [0, 0.1) is 18.6 Å². The van der Waals surface area contributed by atoms with Gasteiger partial charge in [-0.1, -0.05) is 19.9 Å². The van der Waals surface area contributed by atoms with Gasteiger partial charge in [0.1, 0.15) is 23.0 Å². The molecule has 0 radical (unpaired) electrons. The van der Waals surface area contributed by atoms with E-state index in [1.165, 1.54) is 6.07 Å². The topological polar surface area (TPSA) is 59.3 Å². The smallest absolute Gasteiger partial charge is 0.262 e. The van der Waals surface area contributed by atoms with E-state index in [1.807, 2.05) is 39.1 Å². The van der Waals surface area contributed by atoms with E-state index in [9.17, 15) is 13.6 Å². The minimum Gasteiger partial charge on any atom is -0.306 e. The number of halogens is 2. The van der Waals surface area contributed by atoms with Crippen molar-refractivity contribution in [1.29, 1.82) is 0 Å². The number of anilines is 1. The van der Waals surface area contributed by atoms with Gasteiger partial charge in [0.15, 0.2) is 0 Å². The van der Waals surface area contributed by atoms with Gasteiger partial charge in [-0.25, -0.2) is 18.3 Å². The SMILES string of the molecule is CC.Cc1c(-c2ccc(NC(=O)c3c(F)cccc3F)nc2)ccn2nccc12. The number of fused-ring (bicyclic) bond motifs is 1. The molecule has 3 heterocycles. The number of rotatable bonds is 3. The lowest BCUT2D eigenvalue weighted by Crippen LogP contribution is -2.16. The maximum absolute atomic E-state index is 13.7. The van der Waals surface area contributed by atoms with Crippen LogP contribution in [0.15, 0.2) is 61.1 Å². The maximum Gasteiger partial charge on any atom is 0.262 e. The van der Waals surface area contributed by atoms with Crippen molar-refractivity contribution in [3.63, 3.8) is 0 Å². The first kappa shape index (κ1) is 20.1. The highest BCUT2D eigenvalue weighted by Gasteiger charge is 2.17. The predicted molar refractivity (Wildman–Crippen MR) is 109 cm³/mol. The molecule has 0 unspecified atom stereocenters. The summed E-state index contributed by atoms with van der Waals surface area (Å²) in [6, 6.07) is 10.5. The molecule has 3 aromatic heterocycles. The van der Waals surface area contributed by atoms with Crippen molar-refractivity contribution >= 4 is 17.2 Å². The number of carbonyl (C=O) groups is 1. The van der Waals surface area contributed by atoms with Crippen molar-refractivity contribution in [1.82, 2.24) is 14.6 Å². The number of nitrogens with one attached hydrogen (secondary N) is 1. The van der Waals surface area contributed by atoms with Gasteiger partial charge in [0.05, 0.1) is 5.52 Å². The number of hydrogen-bond donors (Lipinski definition) is 1. The molecule has 7 heteroatoms. The summed E-state index contributed by atoms with van der Waals surface area (Å²) < 4.78 is 29.2. The van der Waals surface area contributed by atoms with Crippen LogP contribution in [0.5, 0.6) is 0 Å². The molecule has 0 bridgehead atoms. The summed E-state index contributed by atoms with van der Waals surface area (Å²) >= 11 is 0. The maximum atomic E-state index is 13.7. The molecule has 0 saturated heterocycles. The molecule has 148 valence electrons. The highest BCUT2D eigenvalue weighted by atomic mass is 19.1. The molecule has 0 aliphatic rings. The second-order valence-corrected chi connectivity index (χ2v) is 6.00. The summed E-state index contributed by atoms with van der Waals surface area (Å²) in [6.45, 7) is 5.99. The van der Waals surface area contributed by atoms with Gasteiger partial charge in [0.2, 0.25) is 0 Å². The van der Waals surface area contributed by atoms with Gasteiger partial charge in [-0.05, 0) is 54.4 Å². The molecule has 1 N–H and O–H groups in total. The van der Waals surface area contributed by atoms with Crippen LogP contribution in [-0.4, -0.2) is 20.5 Å². The lowest BCUT2D eigenvalue weighted by Gasteiger charge is -2.09. The number of pyridine rings is 2. The Morgan fingerprint density at radius 2 is 1.76 bits per heavy atom. The van der Waals surface area contributed by atoms with Crippen LogP contribution in [-0.2, 0) is 0 Å². The number of amides is 1. The van der Waals surface area contributed by atoms with Crippen LogP contribution in [0.1, 0.15) is 29.8 Å². The van der Waals surface area contributed by atoms with Crippen molar-refractivity contribution in [3.05, 3.63) is 83.8 Å². The minimum atomic E-state index is -0.922. The van der Waals surface area contributed by atoms with Gasteiger partial charge in [0.25, 0.3) is 5.91 Å². The fourth-order valence-corrected chi connectivity index (χ4v) is 2.97. The normalized spacial score (nSPS) is 10.4. The fraction of sp³-hybridized carbons (Fsp3) is 0.136. The zero-order chi connectivity index (χ0) is 21.0. The Hall–Kier alpha value is -3.61. The molecule has 0 spiro atoms. The van der Waals surface area contributed by atoms with Gasteiger partial charge < -0.3 is 5.32 Å². The van der Waals surface area contributed by atoms with Crippen molar-refractivity contribution in [2.24, 2.45) is 0 Å². The third-order valence-corrected chi connectivity index (χ3v) is 4.35. The number of nitrogens with zero attached hydrogens (tertiary/aromatic N) is 3. The van der Waals surface area contributed by atoms with E-state index in [1.54, 1.807) is 29.0 Å². The Morgan fingerprint density at radius 3 is 2.41 bits per heavy atom. The van der Waals surface area contributed by atoms with Crippen LogP contribution >= 0.6 is 0 Å². The van der Waals surface area contributed by atoms with Crippen molar-refractivity contribution in [2.45, 2.75) is 20.8 Å². The Morgan fingerprint density at radius 1 is 1.03 bits per heavy atom. The fourth-order valence-electron chi connectivity index (χ4n) is 2.97. The van der Waals surface area contributed by atoms with Gasteiger partial charge in [-0.2, -0.15) is 5.10 Å². The standard InChI is InChI=1S/C20H14F2N4O.C2H6/c1-12-14(8-10-26-17(12)7-9-24-26)13-5-6-18(23-11-13)25-20(27)19-15(21)3-2-4-16(19)22;1-2/h2-11H,1H3,(H,23,25,27);1-2H3. The molecule has 1 aromatic carbocycles. The van der Waals surface area contributed by atoms with Crippen LogP contribution in [0.2, 0.25) is 0 Å². The second kappa shape index (κ2) is 8.60. The van der Waals surface area contributed by atoms with E-state index in [-0.39, 0.29) is 5.82 Å². The molecule has 0 atom stereocenters. The van der Waals surface area contributed by atoms with Crippen LogP contribution < -0.4 is 5.32 Å². The van der Waals surface area contributed by atoms with Crippen molar-refractivity contribution in [3.8, 4) is 11.1 Å². The number of benzene rings is 1. The summed E-state index contributed by atoms with van der Waals surface area (Å²) in [6.07, 6.45) is 5.18. The quantitative estimate of drug-likeness (QED) is 0.516. The summed E-state index contributed by atoms with van der Waals surface area (Å²) in [5.74, 6) is -2.53. The van der Waals surface area contributed by atoms with Crippen molar-refractivity contribution in [2.75, 3.05) is 5.32 Å². The largest absolute Gasteiger partial charge is 0.306 e. The van der Waals surface area contributed by atoms with E-state index in [0.717, 1.165) is 34.3 Å². The van der Waals surface area contributed by atoms with Crippen LogP contribution in [0.3, 0.4) is 0 Å². The Kier molecular flexibility index (Phi) is 5.97. The molecule has 29 heavy (non-hydrogen) atoms. The van der Waals surface area contributed by atoms with Crippen LogP contribution in [0.4, 0.5) is 14.6 Å². The van der Waals surface area contributed by atoms with Gasteiger partial charge in [0, 0.05) is 24.2 Å². The van der Waals surface area contributed by atoms with Crippen LogP contribution in [0.25, 0.3) is 16.6 Å². The minimum absolute atomic E-state index is 0.203. The molecule has 0 aliphatic heterocycles. The highest BCUT2D eigenvalue weighted by molar-refractivity contribution is 6.04. The number of aromatic nitrogens is 3. The lowest BCUT2D eigenvalue weighted by atomic mass is 10.0. The third kappa shape index (κ3) is 3.99. The number of hydrogen-bond acceptors (Lipinski definition) is 3. The molecular weight excluding hydrogens is 374 g/mol. The molecule has 0 fully saturated rings. The predicted octanol–water partition coefficient (Wildman–Crippen LogP) is 5.26. The van der Waals surface area contributed by atoms with Gasteiger partial charge >= 0.3 is 0 Å². The van der Waals surface area contributed by atoms with E-state index in [0.29, 0.717) is 0 Å². The molecule has 0 aliphatic carbocycles. The highest BCUT2D eigenvalue weighted by Crippen LogP contribution is 2.26. The Balaban J connectivity index is 0.00000117. The van der Waals surface area contributed by atoms with E-state index >= 15 is 0 Å². The molecule has 4 aromatic rings. The first-order valence-electron chi connectivity index (χ1n) is 9.19. The average Bonchev–Trinajstić information content (AvgIpc) is 3.20. The summed E-state index contributed by atoms with van der Waals surface area (Å²) in [7, 11) is 0. The average molecular weight is 394 g/mol. The van der Waals surface area contributed by atoms with Gasteiger partial charge in [-0.15, -0.1) is 0 Å². The van der Waals surface area contributed by atoms with Gasteiger partial charge in [-0.3, -0.25) is 4.79 Å². The first-order valence-corrected chi connectivity index (χ1v) is 9.19. The molecule has 0 saturated carbocycles. The zero-order valence-electron chi connectivity index (χ0n) is 16.3. The third-order valence-electron chi connectivity index (χ3n) is 4.35. The molecular formula is C22H20F2N4O. The second-order valence-electron chi connectivity index (χ2n) is 6.00.